The van der Waals surface area contributed by atoms with Crippen LogP contribution in [0.2, 0.25) is 0 Å². The zero-order chi connectivity index (χ0) is 24.5. The summed E-state index contributed by atoms with van der Waals surface area (Å²) in [5, 5.41) is 11.3. The van der Waals surface area contributed by atoms with Gasteiger partial charge in [-0.15, -0.1) is 0 Å². The summed E-state index contributed by atoms with van der Waals surface area (Å²) in [5.41, 5.74) is 1.41. The molecule has 0 amide bonds. The highest BCUT2D eigenvalue weighted by molar-refractivity contribution is 8.18. The minimum absolute atomic E-state index is 0.0323. The fourth-order valence-corrected chi connectivity index (χ4v) is 4.10. The summed E-state index contributed by atoms with van der Waals surface area (Å²) >= 11 is 1.19. The SMILES string of the molecule is C=CCOc1ccc(C=C2SC(=Nc3ccc(OC)cc3)C(C(=O)OCC)=C2O)cc1OCC. The number of aliphatic hydroxyl groups is 1. The molecule has 1 aliphatic rings. The minimum atomic E-state index is -0.633. The molecule has 3 rings (SSSR count). The van der Waals surface area contributed by atoms with Crippen LogP contribution in [0.25, 0.3) is 6.08 Å². The number of ether oxygens (including phenoxy) is 4. The van der Waals surface area contributed by atoms with E-state index in [0.717, 1.165) is 5.56 Å². The van der Waals surface area contributed by atoms with E-state index in [4.69, 9.17) is 18.9 Å². The molecule has 1 N–H and O–H groups in total. The van der Waals surface area contributed by atoms with Crippen LogP contribution >= 0.6 is 11.8 Å². The van der Waals surface area contributed by atoms with Gasteiger partial charge in [-0.1, -0.05) is 30.5 Å². The van der Waals surface area contributed by atoms with E-state index in [1.54, 1.807) is 56.5 Å². The average molecular weight is 482 g/mol. The molecule has 0 fully saturated rings. The zero-order valence-electron chi connectivity index (χ0n) is 19.4. The van der Waals surface area contributed by atoms with E-state index < -0.39 is 5.97 Å². The lowest BCUT2D eigenvalue weighted by Gasteiger charge is -2.11. The Morgan fingerprint density at radius 1 is 1.09 bits per heavy atom. The summed E-state index contributed by atoms with van der Waals surface area (Å²) in [5.74, 6) is 1.05. The zero-order valence-corrected chi connectivity index (χ0v) is 20.2. The average Bonchev–Trinajstić information content (AvgIpc) is 3.13. The Morgan fingerprint density at radius 3 is 2.50 bits per heavy atom. The predicted molar refractivity (Wildman–Crippen MR) is 135 cm³/mol. The molecule has 178 valence electrons. The number of carbonyl (C=O) groups is 1. The van der Waals surface area contributed by atoms with Crippen molar-refractivity contribution in [2.24, 2.45) is 4.99 Å². The Kier molecular flexibility index (Phi) is 8.81. The molecule has 2 aromatic rings. The summed E-state index contributed by atoms with van der Waals surface area (Å²) < 4.78 is 21.7. The summed E-state index contributed by atoms with van der Waals surface area (Å²) in [6.07, 6.45) is 3.42. The maximum Gasteiger partial charge on any atom is 0.344 e. The lowest BCUT2D eigenvalue weighted by atomic mass is 10.1. The maximum atomic E-state index is 12.6. The summed E-state index contributed by atoms with van der Waals surface area (Å²) in [7, 11) is 1.58. The van der Waals surface area contributed by atoms with E-state index in [0.29, 0.717) is 46.1 Å². The van der Waals surface area contributed by atoms with Gasteiger partial charge in [-0.05, 0) is 61.9 Å². The second-order valence-corrected chi connectivity index (χ2v) is 7.94. The Hall–Kier alpha value is -3.65. The molecule has 0 atom stereocenters. The van der Waals surface area contributed by atoms with Crippen molar-refractivity contribution in [2.45, 2.75) is 13.8 Å². The number of esters is 1. The number of carbonyl (C=O) groups excluding carboxylic acids is 1. The number of hydrogen-bond donors (Lipinski definition) is 1. The van der Waals surface area contributed by atoms with Crippen LogP contribution in [0.3, 0.4) is 0 Å². The third kappa shape index (κ3) is 6.02. The molecule has 0 unspecified atom stereocenters. The number of methoxy groups -OCH3 is 1. The van der Waals surface area contributed by atoms with Crippen molar-refractivity contribution < 1.29 is 28.8 Å². The molecular formula is C26H27NO6S. The highest BCUT2D eigenvalue weighted by Gasteiger charge is 2.33. The van der Waals surface area contributed by atoms with Crippen LogP contribution in [0.15, 0.2) is 76.3 Å². The standard InChI is InChI=1S/C26H27NO6S/c1-5-14-33-20-13-8-17(15-21(20)31-6-2)16-22-24(28)23(26(29)32-7-3)25(34-22)27-18-9-11-19(30-4)12-10-18/h5,8-13,15-16,28H,1,6-7,14H2,2-4H3. The monoisotopic (exact) mass is 481 g/mol. The first-order chi connectivity index (χ1) is 16.5. The van der Waals surface area contributed by atoms with Crippen LogP contribution in [0.1, 0.15) is 19.4 Å². The number of rotatable bonds is 10. The molecule has 2 aromatic carbocycles. The molecular weight excluding hydrogens is 454 g/mol. The molecule has 1 aliphatic heterocycles. The highest BCUT2D eigenvalue weighted by atomic mass is 32.2. The second-order valence-electron chi connectivity index (χ2n) is 6.91. The molecule has 1 heterocycles. The fraction of sp³-hybridized carbons (Fsp3) is 0.231. The molecule has 0 aromatic heterocycles. The third-order valence-corrected chi connectivity index (χ3v) is 5.62. The van der Waals surface area contributed by atoms with Crippen LogP contribution in [0.4, 0.5) is 5.69 Å². The number of aliphatic hydroxyl groups excluding tert-OH is 1. The van der Waals surface area contributed by atoms with Gasteiger partial charge in [0.15, 0.2) is 11.5 Å². The van der Waals surface area contributed by atoms with Crippen LogP contribution < -0.4 is 14.2 Å². The van der Waals surface area contributed by atoms with Crippen LogP contribution in [0, 0.1) is 0 Å². The third-order valence-electron chi connectivity index (χ3n) is 4.60. The van der Waals surface area contributed by atoms with Crippen LogP contribution in [-0.4, -0.2) is 43.0 Å². The van der Waals surface area contributed by atoms with Gasteiger partial charge in [0.25, 0.3) is 0 Å². The van der Waals surface area contributed by atoms with Crippen molar-refractivity contribution >= 4 is 34.5 Å². The molecule has 0 bridgehead atoms. The maximum absolute atomic E-state index is 12.6. The van der Waals surface area contributed by atoms with Gasteiger partial charge in [0.05, 0.1) is 30.9 Å². The quantitative estimate of drug-likeness (QED) is 0.336. The molecule has 0 saturated heterocycles. The Balaban J connectivity index is 1.99. The molecule has 0 radical (unpaired) electrons. The normalized spacial score (nSPS) is 15.5. The van der Waals surface area contributed by atoms with Gasteiger partial charge in [0.2, 0.25) is 0 Å². The lowest BCUT2D eigenvalue weighted by Crippen LogP contribution is -2.12. The van der Waals surface area contributed by atoms with Crippen molar-refractivity contribution in [3.8, 4) is 17.2 Å². The van der Waals surface area contributed by atoms with Gasteiger partial charge >= 0.3 is 5.97 Å². The number of thioether (sulfide) groups is 1. The Labute approximate surface area is 203 Å². The molecule has 0 spiro atoms. The van der Waals surface area contributed by atoms with Crippen molar-refractivity contribution in [2.75, 3.05) is 26.9 Å². The van der Waals surface area contributed by atoms with Gasteiger partial charge in [-0.2, -0.15) is 0 Å². The van der Waals surface area contributed by atoms with Crippen LogP contribution in [0.5, 0.6) is 17.2 Å². The molecule has 0 aliphatic carbocycles. The first-order valence-electron chi connectivity index (χ1n) is 10.7. The fourth-order valence-electron chi connectivity index (χ4n) is 3.07. The predicted octanol–water partition coefficient (Wildman–Crippen LogP) is 5.85. The highest BCUT2D eigenvalue weighted by Crippen LogP contribution is 2.41. The smallest absolute Gasteiger partial charge is 0.344 e. The van der Waals surface area contributed by atoms with Crippen molar-refractivity contribution in [3.63, 3.8) is 0 Å². The van der Waals surface area contributed by atoms with Gasteiger partial charge in [-0.25, -0.2) is 9.79 Å². The van der Waals surface area contributed by atoms with Gasteiger partial charge in [0.1, 0.15) is 28.7 Å². The summed E-state index contributed by atoms with van der Waals surface area (Å²) in [4.78, 5) is 17.6. The van der Waals surface area contributed by atoms with Crippen molar-refractivity contribution in [1.29, 1.82) is 0 Å². The minimum Gasteiger partial charge on any atom is -0.506 e. The summed E-state index contributed by atoms with van der Waals surface area (Å²) in [6, 6.07) is 12.5. The van der Waals surface area contributed by atoms with E-state index in [1.165, 1.54) is 11.8 Å². The van der Waals surface area contributed by atoms with Gasteiger partial charge < -0.3 is 24.1 Å². The van der Waals surface area contributed by atoms with E-state index in [9.17, 15) is 9.90 Å². The largest absolute Gasteiger partial charge is 0.506 e. The number of hydrogen-bond acceptors (Lipinski definition) is 8. The molecule has 0 saturated carbocycles. The van der Waals surface area contributed by atoms with E-state index >= 15 is 0 Å². The molecule has 7 nitrogen and oxygen atoms in total. The summed E-state index contributed by atoms with van der Waals surface area (Å²) in [6.45, 7) is 8.26. The second kappa shape index (κ2) is 12.0. The number of benzene rings is 2. The van der Waals surface area contributed by atoms with E-state index in [-0.39, 0.29) is 17.9 Å². The molecule has 8 heteroatoms. The lowest BCUT2D eigenvalue weighted by molar-refractivity contribution is -0.138. The molecule has 34 heavy (non-hydrogen) atoms. The first-order valence-corrected chi connectivity index (χ1v) is 11.6. The van der Waals surface area contributed by atoms with Crippen LogP contribution in [-0.2, 0) is 9.53 Å². The Morgan fingerprint density at radius 2 is 1.85 bits per heavy atom. The van der Waals surface area contributed by atoms with Gasteiger partial charge in [-0.3, -0.25) is 0 Å². The number of nitrogens with zero attached hydrogens (tertiary/aromatic N) is 1. The van der Waals surface area contributed by atoms with E-state index in [2.05, 4.69) is 11.6 Å². The van der Waals surface area contributed by atoms with Crippen molar-refractivity contribution in [3.05, 3.63) is 76.9 Å². The Bertz CT molecular complexity index is 1130. The van der Waals surface area contributed by atoms with Gasteiger partial charge in [0, 0.05) is 0 Å². The topological polar surface area (TPSA) is 86.6 Å². The number of aliphatic imine (C=N–C) groups is 1. The van der Waals surface area contributed by atoms with Crippen molar-refractivity contribution in [1.82, 2.24) is 0 Å². The first kappa shape index (κ1) is 25.0. The van der Waals surface area contributed by atoms with E-state index in [1.807, 2.05) is 19.1 Å².